The molecule has 1 aromatic rings. The number of hydrogen-bond donors (Lipinski definition) is 1. The van der Waals surface area contributed by atoms with Crippen molar-refractivity contribution in [2.75, 3.05) is 19.0 Å². The molecule has 1 aliphatic heterocycles. The summed E-state index contributed by atoms with van der Waals surface area (Å²) in [5.74, 6) is 1.79. The topological polar surface area (TPSA) is 3.24 Å². The fraction of sp³-hybridized carbons (Fsp3) is 0.538. The highest BCUT2D eigenvalue weighted by atomic mass is 32.1. The van der Waals surface area contributed by atoms with E-state index < -0.39 is 0 Å². The lowest BCUT2D eigenvalue weighted by molar-refractivity contribution is 0.212. The van der Waals surface area contributed by atoms with Crippen LogP contribution in [0.2, 0.25) is 0 Å². The molecule has 0 saturated carbocycles. The molecule has 2 heteroatoms. The highest BCUT2D eigenvalue weighted by molar-refractivity contribution is 7.80. The second kappa shape index (κ2) is 5.57. The summed E-state index contributed by atoms with van der Waals surface area (Å²) in [6.07, 6.45) is 3.91. The summed E-state index contributed by atoms with van der Waals surface area (Å²) in [6.45, 7) is 2.45. The Bertz CT molecular complexity index is 278. The molecule has 1 fully saturated rings. The van der Waals surface area contributed by atoms with Gasteiger partial charge in [0.2, 0.25) is 0 Å². The van der Waals surface area contributed by atoms with Gasteiger partial charge in [-0.3, -0.25) is 4.90 Å². The lowest BCUT2D eigenvalue weighted by Gasteiger charge is -2.30. The van der Waals surface area contributed by atoms with Crippen molar-refractivity contribution in [3.8, 4) is 0 Å². The summed E-state index contributed by atoms with van der Waals surface area (Å²) in [6, 6.07) is 10.8. The summed E-state index contributed by atoms with van der Waals surface area (Å²) < 4.78 is 0. The van der Waals surface area contributed by atoms with Gasteiger partial charge in [-0.05, 0) is 43.8 Å². The van der Waals surface area contributed by atoms with Crippen LogP contribution in [0, 0.1) is 5.92 Å². The number of nitrogens with zero attached hydrogens (tertiary/aromatic N) is 1. The molecule has 82 valence electrons. The smallest absolute Gasteiger partial charge is 0.0414 e. The summed E-state index contributed by atoms with van der Waals surface area (Å²) in [5.41, 5.74) is 1.49. The van der Waals surface area contributed by atoms with Crippen molar-refractivity contribution in [2.45, 2.75) is 19.3 Å². The number of thiol groups is 1. The Balaban J connectivity index is 1.82. The van der Waals surface area contributed by atoms with Crippen LogP contribution in [-0.2, 0) is 6.42 Å². The third kappa shape index (κ3) is 3.25. The Hall–Kier alpha value is -0.470. The first-order valence-electron chi connectivity index (χ1n) is 5.75. The van der Waals surface area contributed by atoms with Gasteiger partial charge in [-0.25, -0.2) is 0 Å². The predicted octanol–water partition coefficient (Wildman–Crippen LogP) is 2.83. The van der Waals surface area contributed by atoms with Crippen LogP contribution in [0.1, 0.15) is 18.4 Å². The maximum Gasteiger partial charge on any atom is 0.0414 e. The van der Waals surface area contributed by atoms with Crippen molar-refractivity contribution in [2.24, 2.45) is 5.92 Å². The number of benzene rings is 1. The first-order valence-corrected chi connectivity index (χ1v) is 6.39. The Morgan fingerprint density at radius 2 is 1.80 bits per heavy atom. The number of rotatable bonds is 3. The van der Waals surface area contributed by atoms with Crippen LogP contribution in [0.5, 0.6) is 0 Å². The zero-order valence-electron chi connectivity index (χ0n) is 9.10. The standard InChI is InChI=1S/C13H19NS/c15-11-14-8-6-13(7-9-14)10-12-4-2-1-3-5-12/h1-5,13,15H,6-11H2. The molecule has 1 aliphatic rings. The van der Waals surface area contributed by atoms with Crippen LogP contribution < -0.4 is 0 Å². The van der Waals surface area contributed by atoms with Crippen molar-refractivity contribution in [3.05, 3.63) is 35.9 Å². The maximum atomic E-state index is 4.32. The van der Waals surface area contributed by atoms with E-state index in [9.17, 15) is 0 Å². The zero-order chi connectivity index (χ0) is 10.5. The van der Waals surface area contributed by atoms with Crippen LogP contribution in [-0.4, -0.2) is 23.9 Å². The fourth-order valence-electron chi connectivity index (χ4n) is 2.28. The quantitative estimate of drug-likeness (QED) is 0.768. The molecule has 1 nitrogen and oxygen atoms in total. The molecule has 0 amide bonds. The molecule has 1 aromatic carbocycles. The fourth-order valence-corrected chi connectivity index (χ4v) is 2.56. The van der Waals surface area contributed by atoms with Crippen LogP contribution in [0.3, 0.4) is 0 Å². The van der Waals surface area contributed by atoms with Gasteiger partial charge < -0.3 is 0 Å². The van der Waals surface area contributed by atoms with Gasteiger partial charge in [0, 0.05) is 5.88 Å². The van der Waals surface area contributed by atoms with E-state index in [1.807, 2.05) is 0 Å². The molecule has 0 unspecified atom stereocenters. The molecular weight excluding hydrogens is 202 g/mol. The molecule has 2 rings (SSSR count). The van der Waals surface area contributed by atoms with E-state index in [0.717, 1.165) is 11.8 Å². The van der Waals surface area contributed by atoms with Gasteiger partial charge in [0.25, 0.3) is 0 Å². The predicted molar refractivity (Wildman–Crippen MR) is 68.3 cm³/mol. The molecule has 0 spiro atoms. The SMILES string of the molecule is SCN1CCC(Cc2ccccc2)CC1. The van der Waals surface area contributed by atoms with Gasteiger partial charge in [0.1, 0.15) is 0 Å². The third-order valence-electron chi connectivity index (χ3n) is 3.27. The molecule has 0 atom stereocenters. The van der Waals surface area contributed by atoms with E-state index in [1.54, 1.807) is 0 Å². The highest BCUT2D eigenvalue weighted by Crippen LogP contribution is 2.21. The van der Waals surface area contributed by atoms with E-state index in [2.05, 4.69) is 47.9 Å². The average Bonchev–Trinajstić information content (AvgIpc) is 2.31. The van der Waals surface area contributed by atoms with E-state index >= 15 is 0 Å². The lowest BCUT2D eigenvalue weighted by atomic mass is 9.90. The van der Waals surface area contributed by atoms with Gasteiger partial charge in [-0.1, -0.05) is 30.3 Å². The van der Waals surface area contributed by atoms with Crippen LogP contribution in [0.25, 0.3) is 0 Å². The molecule has 15 heavy (non-hydrogen) atoms. The van der Waals surface area contributed by atoms with Crippen LogP contribution >= 0.6 is 12.6 Å². The van der Waals surface area contributed by atoms with Gasteiger partial charge in [-0.15, -0.1) is 0 Å². The Morgan fingerprint density at radius 3 is 2.40 bits per heavy atom. The molecule has 0 aromatic heterocycles. The minimum absolute atomic E-state index is 0.878. The second-order valence-corrected chi connectivity index (χ2v) is 4.68. The maximum absolute atomic E-state index is 4.32. The van der Waals surface area contributed by atoms with E-state index in [0.29, 0.717) is 0 Å². The summed E-state index contributed by atoms with van der Waals surface area (Å²) >= 11 is 4.32. The van der Waals surface area contributed by atoms with Crippen molar-refractivity contribution < 1.29 is 0 Å². The van der Waals surface area contributed by atoms with Crippen molar-refractivity contribution >= 4 is 12.6 Å². The number of likely N-dealkylation sites (tertiary alicyclic amines) is 1. The largest absolute Gasteiger partial charge is 0.294 e. The van der Waals surface area contributed by atoms with Gasteiger partial charge in [0.05, 0.1) is 0 Å². The summed E-state index contributed by atoms with van der Waals surface area (Å²) in [4.78, 5) is 2.42. The van der Waals surface area contributed by atoms with Gasteiger partial charge in [0.15, 0.2) is 0 Å². The first kappa shape index (κ1) is 11.0. The van der Waals surface area contributed by atoms with E-state index in [-0.39, 0.29) is 0 Å². The summed E-state index contributed by atoms with van der Waals surface area (Å²) in [7, 11) is 0. The van der Waals surface area contributed by atoms with Crippen molar-refractivity contribution in [1.82, 2.24) is 4.90 Å². The second-order valence-electron chi connectivity index (χ2n) is 4.39. The number of piperidine rings is 1. The average molecular weight is 221 g/mol. The van der Waals surface area contributed by atoms with Gasteiger partial charge >= 0.3 is 0 Å². The molecule has 0 radical (unpaired) electrons. The first-order chi connectivity index (χ1) is 7.38. The molecule has 1 saturated heterocycles. The minimum atomic E-state index is 0.878. The van der Waals surface area contributed by atoms with Crippen molar-refractivity contribution in [1.29, 1.82) is 0 Å². The zero-order valence-corrected chi connectivity index (χ0v) is 10.00. The van der Waals surface area contributed by atoms with Gasteiger partial charge in [-0.2, -0.15) is 12.6 Å². The molecular formula is C13H19NS. The van der Waals surface area contributed by atoms with Crippen LogP contribution in [0.15, 0.2) is 30.3 Å². The lowest BCUT2D eigenvalue weighted by Crippen LogP contribution is -2.33. The van der Waals surface area contributed by atoms with E-state index in [1.165, 1.54) is 37.9 Å². The normalized spacial score (nSPS) is 19.3. The van der Waals surface area contributed by atoms with E-state index in [4.69, 9.17) is 0 Å². The van der Waals surface area contributed by atoms with Crippen LogP contribution in [0.4, 0.5) is 0 Å². The highest BCUT2D eigenvalue weighted by Gasteiger charge is 2.18. The third-order valence-corrected chi connectivity index (χ3v) is 3.67. The Morgan fingerprint density at radius 1 is 1.13 bits per heavy atom. The molecule has 0 N–H and O–H groups in total. The minimum Gasteiger partial charge on any atom is -0.294 e. The molecule has 0 aliphatic carbocycles. The van der Waals surface area contributed by atoms with Crippen molar-refractivity contribution in [3.63, 3.8) is 0 Å². The number of hydrogen-bond acceptors (Lipinski definition) is 2. The summed E-state index contributed by atoms with van der Waals surface area (Å²) in [5, 5.41) is 0. The molecule has 1 heterocycles. The monoisotopic (exact) mass is 221 g/mol. The Kier molecular flexibility index (Phi) is 4.09. The molecule has 0 bridgehead atoms. The Labute approximate surface area is 97.9 Å².